The molecule has 1 saturated carbocycles. The van der Waals surface area contributed by atoms with Gasteiger partial charge in [0.05, 0.1) is 17.2 Å². The predicted octanol–water partition coefficient (Wildman–Crippen LogP) is 5.48. The van der Waals surface area contributed by atoms with Gasteiger partial charge >= 0.3 is 5.97 Å². The summed E-state index contributed by atoms with van der Waals surface area (Å²) >= 11 is 2.84. The van der Waals surface area contributed by atoms with E-state index >= 15 is 0 Å². The number of carboxylic acids is 1. The molecule has 32 heavy (non-hydrogen) atoms. The molecule has 0 amide bonds. The molecule has 0 saturated heterocycles. The standard InChI is InChI=1S/C22H25FN4O3S2/c1-12-18-20(24-11-25-21(18)32-19(12)22(28)29)26-16-9-4-13(23)10-17(16)30-15-7-5-14(6-8-15)27(2)31-3/h4,9-11,14-15H,5-8H2,1-3H3,(H,28,29)(H,24,25,26). The Labute approximate surface area is 194 Å². The Morgan fingerprint density at radius 3 is 2.75 bits per heavy atom. The number of aryl methyl sites for hydroxylation is 1. The molecular formula is C22H25FN4O3S2. The van der Waals surface area contributed by atoms with E-state index in [1.807, 2.05) is 0 Å². The summed E-state index contributed by atoms with van der Waals surface area (Å²) in [6.07, 6.45) is 7.32. The van der Waals surface area contributed by atoms with Crippen molar-refractivity contribution < 1.29 is 19.0 Å². The average Bonchev–Trinajstić information content (AvgIpc) is 3.13. The minimum atomic E-state index is -0.995. The van der Waals surface area contributed by atoms with Gasteiger partial charge in [-0.3, -0.25) is 4.31 Å². The second-order valence-electron chi connectivity index (χ2n) is 7.81. The highest BCUT2D eigenvalue weighted by Crippen LogP contribution is 2.37. The zero-order chi connectivity index (χ0) is 22.8. The van der Waals surface area contributed by atoms with Gasteiger partial charge in [0, 0.05) is 12.1 Å². The molecule has 0 spiro atoms. The van der Waals surface area contributed by atoms with Crippen LogP contribution >= 0.6 is 23.3 Å². The molecular weight excluding hydrogens is 451 g/mol. The van der Waals surface area contributed by atoms with Crippen molar-refractivity contribution in [3.05, 3.63) is 40.8 Å². The van der Waals surface area contributed by atoms with Crippen LogP contribution in [-0.2, 0) is 0 Å². The largest absolute Gasteiger partial charge is 0.488 e. The van der Waals surface area contributed by atoms with Crippen molar-refractivity contribution in [2.24, 2.45) is 0 Å². The van der Waals surface area contributed by atoms with Crippen LogP contribution in [0.3, 0.4) is 0 Å². The van der Waals surface area contributed by atoms with Crippen LogP contribution in [0.1, 0.15) is 40.9 Å². The smallest absolute Gasteiger partial charge is 0.346 e. The number of aromatic nitrogens is 2. The number of rotatable bonds is 7. The van der Waals surface area contributed by atoms with E-state index in [-0.39, 0.29) is 16.8 Å². The molecule has 1 aromatic carbocycles. The zero-order valence-electron chi connectivity index (χ0n) is 18.1. The van der Waals surface area contributed by atoms with Gasteiger partial charge in [-0.2, -0.15) is 0 Å². The number of nitrogens with zero attached hydrogens (tertiary/aromatic N) is 3. The van der Waals surface area contributed by atoms with E-state index < -0.39 is 5.97 Å². The second kappa shape index (κ2) is 9.60. The summed E-state index contributed by atoms with van der Waals surface area (Å²) in [5.74, 6) is -0.484. The van der Waals surface area contributed by atoms with Crippen molar-refractivity contribution in [3.63, 3.8) is 0 Å². The van der Waals surface area contributed by atoms with Crippen LogP contribution in [0.5, 0.6) is 5.75 Å². The number of carbonyl (C=O) groups is 1. The lowest BCUT2D eigenvalue weighted by Crippen LogP contribution is -2.34. The third-order valence-electron chi connectivity index (χ3n) is 5.86. The minimum absolute atomic E-state index is 0.00997. The number of halogens is 1. The fraction of sp³-hybridized carbons (Fsp3) is 0.409. The summed E-state index contributed by atoms with van der Waals surface area (Å²) < 4.78 is 22.6. The van der Waals surface area contributed by atoms with Crippen molar-refractivity contribution in [1.82, 2.24) is 14.3 Å². The van der Waals surface area contributed by atoms with E-state index in [0.717, 1.165) is 37.0 Å². The number of thiophene rings is 1. The van der Waals surface area contributed by atoms with Crippen LogP contribution in [0.2, 0.25) is 0 Å². The van der Waals surface area contributed by atoms with Crippen LogP contribution in [-0.4, -0.2) is 50.8 Å². The van der Waals surface area contributed by atoms with Gasteiger partial charge in [0.25, 0.3) is 0 Å². The Bertz CT molecular complexity index is 1130. The molecule has 1 aliphatic carbocycles. The lowest BCUT2D eigenvalue weighted by atomic mass is 9.93. The van der Waals surface area contributed by atoms with Crippen molar-refractivity contribution in [1.29, 1.82) is 0 Å². The molecule has 1 aliphatic rings. The van der Waals surface area contributed by atoms with Gasteiger partial charge in [-0.1, -0.05) is 11.9 Å². The molecule has 0 unspecified atom stereocenters. The molecule has 0 bridgehead atoms. The highest BCUT2D eigenvalue weighted by atomic mass is 32.2. The van der Waals surface area contributed by atoms with E-state index in [1.165, 1.54) is 18.5 Å². The van der Waals surface area contributed by atoms with Gasteiger partial charge in [-0.05, 0) is 63.6 Å². The van der Waals surface area contributed by atoms with Crippen LogP contribution < -0.4 is 10.1 Å². The van der Waals surface area contributed by atoms with E-state index in [9.17, 15) is 14.3 Å². The summed E-state index contributed by atoms with van der Waals surface area (Å²) in [4.78, 5) is 20.9. The lowest BCUT2D eigenvalue weighted by Gasteiger charge is -2.33. The van der Waals surface area contributed by atoms with Crippen molar-refractivity contribution in [3.8, 4) is 5.75 Å². The van der Waals surface area contributed by atoms with Gasteiger partial charge in [0.2, 0.25) is 0 Å². The number of ether oxygens (including phenoxy) is 1. The van der Waals surface area contributed by atoms with Crippen LogP contribution in [0.25, 0.3) is 10.2 Å². The van der Waals surface area contributed by atoms with Crippen molar-refractivity contribution in [2.75, 3.05) is 18.6 Å². The molecule has 0 radical (unpaired) electrons. The van der Waals surface area contributed by atoms with E-state index in [0.29, 0.717) is 39.1 Å². The monoisotopic (exact) mass is 476 g/mol. The number of hydrogen-bond donors (Lipinski definition) is 2. The Morgan fingerprint density at radius 1 is 1.31 bits per heavy atom. The Hall–Kier alpha value is -2.43. The first-order chi connectivity index (χ1) is 15.4. The maximum atomic E-state index is 14.1. The van der Waals surface area contributed by atoms with Crippen LogP contribution in [0.15, 0.2) is 24.5 Å². The molecule has 0 aliphatic heterocycles. The highest BCUT2D eigenvalue weighted by molar-refractivity contribution is 7.96. The average molecular weight is 477 g/mol. The maximum Gasteiger partial charge on any atom is 0.346 e. The number of fused-ring (bicyclic) bond motifs is 1. The minimum Gasteiger partial charge on any atom is -0.488 e. The molecule has 4 rings (SSSR count). The summed E-state index contributed by atoms with van der Waals surface area (Å²) in [6.45, 7) is 1.74. The zero-order valence-corrected chi connectivity index (χ0v) is 19.7. The Morgan fingerprint density at radius 2 is 2.06 bits per heavy atom. The van der Waals surface area contributed by atoms with Gasteiger partial charge < -0.3 is 15.2 Å². The quantitative estimate of drug-likeness (QED) is 0.434. The molecule has 1 fully saturated rings. The lowest BCUT2D eigenvalue weighted by molar-refractivity contribution is 0.0701. The molecule has 0 atom stereocenters. The predicted molar refractivity (Wildman–Crippen MR) is 127 cm³/mol. The Kier molecular flexibility index (Phi) is 6.82. The van der Waals surface area contributed by atoms with Crippen molar-refractivity contribution >= 4 is 51.0 Å². The Balaban J connectivity index is 1.58. The summed E-state index contributed by atoms with van der Waals surface area (Å²) in [5.41, 5.74) is 1.18. The first-order valence-electron chi connectivity index (χ1n) is 10.3. The molecule has 3 aromatic rings. The molecule has 2 aromatic heterocycles. The topological polar surface area (TPSA) is 87.6 Å². The number of carboxylic acid groups (broad SMARTS) is 1. The SMILES string of the molecule is CSN(C)C1CCC(Oc2cc(F)ccc2Nc2ncnc3sc(C(=O)O)c(C)c23)CC1. The highest BCUT2D eigenvalue weighted by Gasteiger charge is 2.26. The number of nitrogens with one attached hydrogen (secondary N) is 1. The van der Waals surface area contributed by atoms with E-state index in [2.05, 4.69) is 32.9 Å². The first-order valence-corrected chi connectivity index (χ1v) is 12.3. The summed E-state index contributed by atoms with van der Waals surface area (Å²) in [7, 11) is 2.11. The van der Waals surface area contributed by atoms with Crippen LogP contribution in [0.4, 0.5) is 15.9 Å². The fourth-order valence-corrected chi connectivity index (χ4v) is 5.55. The van der Waals surface area contributed by atoms with E-state index in [4.69, 9.17) is 4.74 Å². The summed E-state index contributed by atoms with van der Waals surface area (Å²) in [6, 6.07) is 4.88. The molecule has 7 nitrogen and oxygen atoms in total. The first kappa shape index (κ1) is 22.8. The number of anilines is 2. The number of benzene rings is 1. The maximum absolute atomic E-state index is 14.1. The summed E-state index contributed by atoms with van der Waals surface area (Å²) in [5, 5.41) is 13.3. The normalized spacial score (nSPS) is 18.8. The van der Waals surface area contributed by atoms with Gasteiger partial charge in [-0.25, -0.2) is 19.2 Å². The van der Waals surface area contributed by atoms with E-state index in [1.54, 1.807) is 24.9 Å². The second-order valence-corrected chi connectivity index (χ2v) is 9.75. The number of hydrogen-bond acceptors (Lipinski definition) is 8. The molecule has 170 valence electrons. The van der Waals surface area contributed by atoms with Gasteiger partial charge in [-0.15, -0.1) is 11.3 Å². The molecule has 2 N–H and O–H groups in total. The third-order valence-corrected chi connectivity index (χ3v) is 7.92. The molecule has 2 heterocycles. The van der Waals surface area contributed by atoms with Gasteiger partial charge in [0.1, 0.15) is 33.4 Å². The van der Waals surface area contributed by atoms with Gasteiger partial charge in [0.15, 0.2) is 0 Å². The third kappa shape index (κ3) is 4.67. The molecule has 10 heteroatoms. The van der Waals surface area contributed by atoms with Crippen molar-refractivity contribution in [2.45, 2.75) is 44.8 Å². The fourth-order valence-electron chi connectivity index (χ4n) is 4.05. The van der Waals surface area contributed by atoms with Crippen LogP contribution in [0, 0.1) is 12.7 Å². The number of aromatic carboxylic acids is 1.